The molecule has 1 heterocycles. The number of anilines is 1. The van der Waals surface area contributed by atoms with Crippen molar-refractivity contribution in [2.75, 3.05) is 15.6 Å². The normalized spacial score (nSPS) is 11.1. The molecule has 0 bridgehead atoms. The second-order valence-electron chi connectivity index (χ2n) is 4.66. The fourth-order valence-electron chi connectivity index (χ4n) is 1.83. The van der Waals surface area contributed by atoms with E-state index in [1.165, 1.54) is 0 Å². The molecule has 2 aromatic rings. The van der Waals surface area contributed by atoms with Crippen molar-refractivity contribution in [2.45, 2.75) is 6.54 Å². The number of nitrogens with one attached hydrogen (secondary N) is 1. The van der Waals surface area contributed by atoms with Crippen molar-refractivity contribution in [1.82, 2.24) is 10.3 Å². The van der Waals surface area contributed by atoms with Gasteiger partial charge in [0.15, 0.2) is 0 Å². The average Bonchev–Trinajstić information content (AvgIpc) is 2.47. The predicted molar refractivity (Wildman–Crippen MR) is 95.8 cm³/mol. The first-order valence-electron chi connectivity index (χ1n) is 6.25. The van der Waals surface area contributed by atoms with Crippen LogP contribution >= 0.6 is 31.4 Å². The van der Waals surface area contributed by atoms with Crippen molar-refractivity contribution in [3.8, 4) is 0 Å². The standard InChI is InChI=1S/C15H17ClIN3O/c1-17(2)13-8-11(18)7-12(14(13)16)15(21)20-9-10-3-5-19-6-4-10/h3-8H,9,18H2,1-2H3,(H,20,21). The summed E-state index contributed by atoms with van der Waals surface area (Å²) in [6.07, 6.45) is 3.39. The van der Waals surface area contributed by atoms with Gasteiger partial charge in [-0.2, -0.15) is 0 Å². The Kier molecular flexibility index (Phi) is 5.41. The second-order valence-corrected chi connectivity index (χ2v) is 10.5. The molecule has 3 N–H and O–H groups in total. The Labute approximate surface area is 136 Å². The van der Waals surface area contributed by atoms with Crippen molar-refractivity contribution in [3.63, 3.8) is 0 Å². The summed E-state index contributed by atoms with van der Waals surface area (Å²) in [7, 11) is 0. The van der Waals surface area contributed by atoms with E-state index >= 15 is 0 Å². The van der Waals surface area contributed by atoms with Crippen molar-refractivity contribution in [1.29, 1.82) is 0 Å². The molecule has 0 fully saturated rings. The summed E-state index contributed by atoms with van der Waals surface area (Å²) in [6.45, 7) is 0.433. The molecule has 112 valence electrons. The predicted octanol–water partition coefficient (Wildman–Crippen LogP) is 3.18. The maximum absolute atomic E-state index is 12.3. The Morgan fingerprint density at radius 2 is 2.00 bits per heavy atom. The van der Waals surface area contributed by atoms with Crippen LogP contribution in [0.2, 0.25) is 5.02 Å². The van der Waals surface area contributed by atoms with Crippen LogP contribution in [0.1, 0.15) is 15.9 Å². The van der Waals surface area contributed by atoms with Gasteiger partial charge in [-0.3, -0.25) is 0 Å². The number of nitrogen functional groups attached to an aromatic ring is 1. The molecule has 2 rings (SSSR count). The number of aromatic nitrogens is 1. The summed E-state index contributed by atoms with van der Waals surface area (Å²) >= 11 is 5.05. The van der Waals surface area contributed by atoms with Gasteiger partial charge >= 0.3 is 137 Å². The van der Waals surface area contributed by atoms with Crippen LogP contribution in [-0.2, 0) is 6.54 Å². The van der Waals surface area contributed by atoms with Gasteiger partial charge in [0, 0.05) is 0 Å². The van der Waals surface area contributed by atoms with E-state index in [-0.39, 0.29) is 5.91 Å². The molecule has 0 aliphatic heterocycles. The van der Waals surface area contributed by atoms with Gasteiger partial charge in [0.05, 0.1) is 0 Å². The van der Waals surface area contributed by atoms with E-state index in [2.05, 4.69) is 20.2 Å². The number of nitrogens with two attached hydrogens (primary N) is 1. The van der Waals surface area contributed by atoms with E-state index < -0.39 is 19.8 Å². The van der Waals surface area contributed by atoms with E-state index in [9.17, 15) is 4.79 Å². The molecule has 1 aromatic heterocycles. The SMILES string of the molecule is CI(C)c1cc(N)cc(C(=O)NCc2ccncc2)c1Cl. The zero-order valence-corrected chi connectivity index (χ0v) is 14.8. The quantitative estimate of drug-likeness (QED) is 0.456. The number of amides is 1. The Morgan fingerprint density at radius 3 is 2.62 bits per heavy atom. The summed E-state index contributed by atoms with van der Waals surface area (Å²) in [6, 6.07) is 7.23. The Balaban J connectivity index is 2.19. The molecule has 0 unspecified atom stereocenters. The zero-order chi connectivity index (χ0) is 15.4. The summed E-state index contributed by atoms with van der Waals surface area (Å²) in [5.41, 5.74) is 7.90. The Hall–Kier alpha value is -1.34. The number of hydrogen-bond acceptors (Lipinski definition) is 3. The van der Waals surface area contributed by atoms with Crippen molar-refractivity contribution in [3.05, 3.63) is 56.4 Å². The number of carbonyl (C=O) groups is 1. The van der Waals surface area contributed by atoms with Crippen LogP contribution in [0.15, 0.2) is 36.7 Å². The van der Waals surface area contributed by atoms with E-state index in [0.29, 0.717) is 22.8 Å². The molecule has 0 spiro atoms. The number of pyridine rings is 1. The first-order valence-corrected chi connectivity index (χ1v) is 12.0. The van der Waals surface area contributed by atoms with Crippen molar-refractivity contribution < 1.29 is 4.79 Å². The van der Waals surface area contributed by atoms with Crippen LogP contribution in [0, 0.1) is 3.57 Å². The van der Waals surface area contributed by atoms with Gasteiger partial charge in [-0.1, -0.05) is 0 Å². The van der Waals surface area contributed by atoms with Crippen molar-refractivity contribution >= 4 is 43.0 Å². The van der Waals surface area contributed by atoms with Crippen LogP contribution in [0.25, 0.3) is 0 Å². The van der Waals surface area contributed by atoms with Gasteiger partial charge in [0.1, 0.15) is 0 Å². The molecule has 21 heavy (non-hydrogen) atoms. The van der Waals surface area contributed by atoms with Gasteiger partial charge in [-0.25, -0.2) is 0 Å². The molecule has 1 aromatic carbocycles. The molecule has 0 aliphatic carbocycles. The molecule has 0 radical (unpaired) electrons. The number of carbonyl (C=O) groups excluding carboxylic acids is 1. The average molecular weight is 418 g/mol. The van der Waals surface area contributed by atoms with Crippen LogP contribution < -0.4 is 11.1 Å². The van der Waals surface area contributed by atoms with Gasteiger partial charge in [0.25, 0.3) is 0 Å². The summed E-state index contributed by atoms with van der Waals surface area (Å²) < 4.78 is 1.04. The fourth-order valence-corrected chi connectivity index (χ4v) is 5.20. The molecule has 0 aliphatic rings. The molecule has 4 nitrogen and oxygen atoms in total. The molecule has 0 atom stereocenters. The zero-order valence-electron chi connectivity index (χ0n) is 11.9. The number of benzene rings is 1. The number of nitrogens with zero attached hydrogens (tertiary/aromatic N) is 1. The maximum atomic E-state index is 12.3. The van der Waals surface area contributed by atoms with E-state index in [1.807, 2.05) is 18.2 Å². The monoisotopic (exact) mass is 417 g/mol. The first kappa shape index (κ1) is 16.0. The molecule has 0 saturated carbocycles. The molecular weight excluding hydrogens is 401 g/mol. The Bertz CT molecular complexity index is 647. The van der Waals surface area contributed by atoms with Crippen LogP contribution in [0.4, 0.5) is 5.69 Å². The van der Waals surface area contributed by atoms with E-state index in [0.717, 1.165) is 9.13 Å². The molecule has 6 heteroatoms. The number of alkyl halides is 2. The molecule has 0 saturated heterocycles. The third-order valence-corrected chi connectivity index (χ3v) is 6.81. The summed E-state index contributed by atoms with van der Waals surface area (Å²) in [5, 5.41) is 3.39. The third-order valence-electron chi connectivity index (χ3n) is 2.90. The Morgan fingerprint density at radius 1 is 1.33 bits per heavy atom. The van der Waals surface area contributed by atoms with Crippen LogP contribution in [0.5, 0.6) is 0 Å². The third kappa shape index (κ3) is 4.07. The summed E-state index contributed by atoms with van der Waals surface area (Å²) in [5.74, 6) is -0.205. The van der Waals surface area contributed by atoms with Crippen LogP contribution in [0.3, 0.4) is 0 Å². The number of rotatable bonds is 4. The van der Waals surface area contributed by atoms with Crippen molar-refractivity contribution in [2.24, 2.45) is 0 Å². The van der Waals surface area contributed by atoms with E-state index in [1.54, 1.807) is 18.5 Å². The van der Waals surface area contributed by atoms with Gasteiger partial charge in [0.2, 0.25) is 0 Å². The van der Waals surface area contributed by atoms with Gasteiger partial charge in [-0.05, 0) is 0 Å². The second kappa shape index (κ2) is 7.09. The molecular formula is C15H17ClIN3O. The molecule has 1 amide bonds. The summed E-state index contributed by atoms with van der Waals surface area (Å²) in [4.78, 5) is 20.6. The number of halogens is 2. The van der Waals surface area contributed by atoms with Gasteiger partial charge < -0.3 is 0 Å². The minimum absolute atomic E-state index is 0.205. The van der Waals surface area contributed by atoms with E-state index in [4.69, 9.17) is 17.3 Å². The fraction of sp³-hybridized carbons (Fsp3) is 0.200. The first-order chi connectivity index (χ1) is 9.99. The topological polar surface area (TPSA) is 68.0 Å². The van der Waals surface area contributed by atoms with Crippen LogP contribution in [-0.4, -0.2) is 20.8 Å². The number of hydrogen-bond donors (Lipinski definition) is 2. The minimum atomic E-state index is -1.32. The van der Waals surface area contributed by atoms with Gasteiger partial charge in [-0.15, -0.1) is 0 Å².